The van der Waals surface area contributed by atoms with Crippen molar-refractivity contribution in [3.8, 4) is 0 Å². The molecular weight excluding hydrogens is 198 g/mol. The molecule has 0 aromatic rings. The van der Waals surface area contributed by atoms with Crippen molar-refractivity contribution in [2.24, 2.45) is 0 Å². The Bertz CT molecular complexity index is 265. The van der Waals surface area contributed by atoms with E-state index in [2.05, 4.69) is 4.90 Å². The molecule has 0 spiro atoms. The van der Waals surface area contributed by atoms with Gasteiger partial charge in [-0.15, -0.1) is 0 Å². The summed E-state index contributed by atoms with van der Waals surface area (Å²) in [4.78, 5) is 14.1. The smallest absolute Gasteiger partial charge is 0.214 e. The predicted octanol–water partition coefficient (Wildman–Crippen LogP) is 0.907. The number of rotatable bonds is 2. The van der Waals surface area contributed by atoms with Crippen molar-refractivity contribution in [1.82, 2.24) is 4.90 Å². The van der Waals surface area contributed by atoms with Gasteiger partial charge in [-0.3, -0.25) is 9.69 Å². The Morgan fingerprint density at radius 1 is 1.71 bits per heavy atom. The lowest BCUT2D eigenvalue weighted by Crippen LogP contribution is -2.45. The van der Waals surface area contributed by atoms with Crippen molar-refractivity contribution in [2.75, 3.05) is 31.7 Å². The van der Waals surface area contributed by atoms with Crippen molar-refractivity contribution in [1.29, 1.82) is 0 Å². The van der Waals surface area contributed by atoms with Crippen molar-refractivity contribution in [2.45, 2.75) is 12.5 Å². The summed E-state index contributed by atoms with van der Waals surface area (Å²) in [7, 11) is 2.01. The number of hydrogen-bond donors (Lipinski definition) is 0. The van der Waals surface area contributed by atoms with Gasteiger partial charge in [0.2, 0.25) is 5.78 Å². The molecule has 1 saturated heterocycles. The maximum atomic E-state index is 12.0. The number of ketones is 1. The van der Waals surface area contributed by atoms with Gasteiger partial charge in [-0.2, -0.15) is 11.8 Å². The number of nitrogens with zero attached hydrogens (tertiary/aromatic N) is 1. The lowest BCUT2D eigenvalue weighted by atomic mass is 10.1. The summed E-state index contributed by atoms with van der Waals surface area (Å²) in [6, 6.07) is 0.0260. The number of carbonyl (C=O) groups excluding carboxylic acids is 1. The van der Waals surface area contributed by atoms with Gasteiger partial charge in [-0.1, -0.05) is 0 Å². The third kappa shape index (κ3) is 1.96. The van der Waals surface area contributed by atoms with Gasteiger partial charge in [-0.05, 0) is 13.1 Å². The van der Waals surface area contributed by atoms with Crippen LogP contribution in [0.1, 0.15) is 6.42 Å². The summed E-state index contributed by atoms with van der Waals surface area (Å²) >= 11 is 1.85. The Morgan fingerprint density at radius 3 is 3.21 bits per heavy atom. The third-order valence-corrected chi connectivity index (χ3v) is 3.67. The van der Waals surface area contributed by atoms with Crippen LogP contribution in [0, 0.1) is 0 Å². The van der Waals surface area contributed by atoms with E-state index >= 15 is 0 Å². The van der Waals surface area contributed by atoms with Gasteiger partial charge in [-0.25, -0.2) is 0 Å². The minimum Gasteiger partial charge on any atom is -0.490 e. The highest BCUT2D eigenvalue weighted by atomic mass is 32.2. The van der Waals surface area contributed by atoms with Crippen LogP contribution in [0.2, 0.25) is 0 Å². The van der Waals surface area contributed by atoms with E-state index in [9.17, 15) is 4.79 Å². The average Bonchev–Trinajstić information content (AvgIpc) is 2.70. The van der Waals surface area contributed by atoms with Crippen molar-refractivity contribution in [3.05, 3.63) is 11.8 Å². The Hall–Kier alpha value is -0.480. The second kappa shape index (κ2) is 4.36. The van der Waals surface area contributed by atoms with Crippen LogP contribution in [0.25, 0.3) is 0 Å². The molecule has 2 aliphatic heterocycles. The highest BCUT2D eigenvalue weighted by Crippen LogP contribution is 2.20. The molecule has 0 aromatic carbocycles. The van der Waals surface area contributed by atoms with E-state index in [4.69, 9.17) is 4.74 Å². The number of ether oxygens (including phenoxy) is 1. The van der Waals surface area contributed by atoms with E-state index in [-0.39, 0.29) is 11.8 Å². The van der Waals surface area contributed by atoms with E-state index < -0.39 is 0 Å². The molecule has 0 radical (unpaired) electrons. The standard InChI is InChI=1S/C10H15NO2S/c1-11-4-6-14-7-8(11)10(12)9-3-2-5-13-9/h3,8H,2,4-7H2,1H3. The zero-order valence-electron chi connectivity index (χ0n) is 8.36. The molecule has 0 aliphatic carbocycles. The molecule has 14 heavy (non-hydrogen) atoms. The first-order chi connectivity index (χ1) is 6.79. The fourth-order valence-electron chi connectivity index (χ4n) is 1.72. The monoisotopic (exact) mass is 213 g/mol. The highest BCUT2D eigenvalue weighted by molar-refractivity contribution is 7.99. The Labute approximate surface area is 88.5 Å². The molecule has 0 bridgehead atoms. The second-order valence-corrected chi connectivity index (χ2v) is 4.79. The number of carbonyl (C=O) groups is 1. The fourth-order valence-corrected chi connectivity index (χ4v) is 2.93. The minimum absolute atomic E-state index is 0.0260. The van der Waals surface area contributed by atoms with Gasteiger partial charge in [0, 0.05) is 24.5 Å². The van der Waals surface area contributed by atoms with Crippen molar-refractivity contribution < 1.29 is 9.53 Å². The number of likely N-dealkylation sites (N-methyl/N-ethyl adjacent to an activating group) is 1. The first-order valence-corrected chi connectivity index (χ1v) is 6.09. The van der Waals surface area contributed by atoms with E-state index in [0.717, 1.165) is 24.5 Å². The molecule has 0 aromatic heterocycles. The summed E-state index contributed by atoms with van der Waals surface area (Å²) in [6.07, 6.45) is 2.79. The van der Waals surface area contributed by atoms with Crippen molar-refractivity contribution in [3.63, 3.8) is 0 Å². The van der Waals surface area contributed by atoms with Crippen LogP contribution < -0.4 is 0 Å². The van der Waals surface area contributed by atoms with Gasteiger partial charge < -0.3 is 4.74 Å². The van der Waals surface area contributed by atoms with Gasteiger partial charge in [0.15, 0.2) is 5.76 Å². The largest absolute Gasteiger partial charge is 0.490 e. The SMILES string of the molecule is CN1CCSCC1C(=O)C1=CCCO1. The fraction of sp³-hybridized carbons (Fsp3) is 0.700. The van der Waals surface area contributed by atoms with Crippen LogP contribution in [-0.2, 0) is 9.53 Å². The topological polar surface area (TPSA) is 29.5 Å². The second-order valence-electron chi connectivity index (χ2n) is 3.64. The van der Waals surface area contributed by atoms with Gasteiger partial charge in [0.25, 0.3) is 0 Å². The zero-order chi connectivity index (χ0) is 9.97. The summed E-state index contributed by atoms with van der Waals surface area (Å²) in [5, 5.41) is 0. The Balaban J connectivity index is 2.02. The van der Waals surface area contributed by atoms with E-state index in [1.807, 2.05) is 24.9 Å². The molecular formula is C10H15NO2S. The molecule has 0 saturated carbocycles. The number of Topliss-reactive ketones (excluding diaryl/α,β-unsaturated/α-hetero) is 1. The molecule has 4 heteroatoms. The minimum atomic E-state index is 0.0260. The van der Waals surface area contributed by atoms with Crippen LogP contribution in [0.3, 0.4) is 0 Å². The Kier molecular flexibility index (Phi) is 3.13. The first kappa shape index (κ1) is 10.1. The van der Waals surface area contributed by atoms with E-state index in [1.165, 1.54) is 0 Å². The van der Waals surface area contributed by atoms with Crippen LogP contribution in [0.5, 0.6) is 0 Å². The van der Waals surface area contributed by atoms with Crippen molar-refractivity contribution >= 4 is 17.5 Å². The maximum absolute atomic E-state index is 12.0. The maximum Gasteiger partial charge on any atom is 0.214 e. The molecule has 1 atom stereocenters. The summed E-state index contributed by atoms with van der Waals surface area (Å²) in [5.41, 5.74) is 0. The van der Waals surface area contributed by atoms with Gasteiger partial charge in [0.05, 0.1) is 12.6 Å². The van der Waals surface area contributed by atoms with E-state index in [1.54, 1.807) is 0 Å². The lowest BCUT2D eigenvalue weighted by molar-refractivity contribution is -0.122. The van der Waals surface area contributed by atoms with Crippen LogP contribution >= 0.6 is 11.8 Å². The third-order valence-electron chi connectivity index (χ3n) is 2.65. The predicted molar refractivity (Wildman–Crippen MR) is 57.4 cm³/mol. The van der Waals surface area contributed by atoms with Gasteiger partial charge >= 0.3 is 0 Å². The molecule has 1 unspecified atom stereocenters. The van der Waals surface area contributed by atoms with Crippen LogP contribution in [0.15, 0.2) is 11.8 Å². The molecule has 2 aliphatic rings. The molecule has 1 fully saturated rings. The highest BCUT2D eigenvalue weighted by Gasteiger charge is 2.30. The first-order valence-electron chi connectivity index (χ1n) is 4.94. The zero-order valence-corrected chi connectivity index (χ0v) is 9.18. The number of hydrogen-bond acceptors (Lipinski definition) is 4. The molecule has 2 heterocycles. The lowest BCUT2D eigenvalue weighted by Gasteiger charge is -2.30. The normalized spacial score (nSPS) is 28.4. The van der Waals surface area contributed by atoms with Crippen LogP contribution in [0.4, 0.5) is 0 Å². The molecule has 3 nitrogen and oxygen atoms in total. The summed E-state index contributed by atoms with van der Waals surface area (Å²) < 4.78 is 5.29. The molecule has 0 amide bonds. The van der Waals surface area contributed by atoms with Gasteiger partial charge in [0.1, 0.15) is 0 Å². The van der Waals surface area contributed by atoms with E-state index in [0.29, 0.717) is 12.4 Å². The average molecular weight is 213 g/mol. The Morgan fingerprint density at radius 2 is 2.57 bits per heavy atom. The van der Waals surface area contributed by atoms with Crippen LogP contribution in [-0.4, -0.2) is 48.4 Å². The molecule has 78 valence electrons. The molecule has 0 N–H and O–H groups in total. The number of thioether (sulfide) groups is 1. The molecule has 2 rings (SSSR count). The summed E-state index contributed by atoms with van der Waals surface area (Å²) in [6.45, 7) is 1.67. The summed E-state index contributed by atoms with van der Waals surface area (Å²) in [5.74, 6) is 2.78. The quantitative estimate of drug-likeness (QED) is 0.682.